The van der Waals surface area contributed by atoms with Gasteiger partial charge in [0.15, 0.2) is 0 Å². The predicted octanol–water partition coefficient (Wildman–Crippen LogP) is 1.89. The van der Waals surface area contributed by atoms with Crippen LogP contribution in [0.5, 0.6) is 0 Å². The fourth-order valence-electron chi connectivity index (χ4n) is 2.23. The highest BCUT2D eigenvalue weighted by atomic mass is 35.5. The van der Waals surface area contributed by atoms with Gasteiger partial charge in [-0.1, -0.05) is 38.4 Å². The number of hydrogen-bond acceptors (Lipinski definition) is 2. The van der Waals surface area contributed by atoms with Gasteiger partial charge in [-0.05, 0) is 18.8 Å². The Labute approximate surface area is 113 Å². The molecule has 4 nitrogen and oxygen atoms in total. The Kier molecular flexibility index (Phi) is 5.66. The molecule has 0 saturated carbocycles. The van der Waals surface area contributed by atoms with Crippen LogP contribution in [0, 0.1) is 5.92 Å². The number of hydrogen-bond donors (Lipinski definition) is 1. The summed E-state index contributed by atoms with van der Waals surface area (Å²) in [5.41, 5.74) is 1.38. The van der Waals surface area contributed by atoms with Crippen molar-refractivity contribution in [2.45, 2.75) is 45.7 Å². The third-order valence-corrected chi connectivity index (χ3v) is 3.24. The maximum absolute atomic E-state index is 12.3. The minimum Gasteiger partial charge on any atom is -0.342 e. The van der Waals surface area contributed by atoms with E-state index in [1.165, 1.54) is 5.54 Å². The average molecular weight is 273 g/mol. The minimum atomic E-state index is -0.399. The standard InChI is InChI=1S/C13H21ClN2O2/c1-4-11-12(17)15-10(8-9(2)3)13(18)16(11)7-5-6-14/h5-6,9-11H,4,7-8H2,1-3H3,(H,15,17)/b6-5+. The lowest BCUT2D eigenvalue weighted by Gasteiger charge is -2.38. The van der Waals surface area contributed by atoms with Crippen molar-refractivity contribution < 1.29 is 9.59 Å². The molecule has 2 unspecified atom stereocenters. The molecule has 1 aliphatic heterocycles. The van der Waals surface area contributed by atoms with Gasteiger partial charge in [-0.15, -0.1) is 0 Å². The Bertz CT molecular complexity index is 342. The largest absolute Gasteiger partial charge is 0.342 e. The summed E-state index contributed by atoms with van der Waals surface area (Å²) < 4.78 is 0. The van der Waals surface area contributed by atoms with Crippen LogP contribution >= 0.6 is 11.6 Å². The Hall–Kier alpha value is -1.03. The number of amides is 2. The van der Waals surface area contributed by atoms with Crippen LogP contribution in [0.4, 0.5) is 0 Å². The van der Waals surface area contributed by atoms with Crippen molar-refractivity contribution in [2.75, 3.05) is 6.54 Å². The summed E-state index contributed by atoms with van der Waals surface area (Å²) in [6, 6.07) is -0.780. The summed E-state index contributed by atoms with van der Waals surface area (Å²) in [5, 5.41) is 2.82. The highest BCUT2D eigenvalue weighted by Gasteiger charge is 2.38. The number of rotatable bonds is 5. The van der Waals surface area contributed by atoms with Crippen LogP contribution in [0.1, 0.15) is 33.6 Å². The summed E-state index contributed by atoms with van der Waals surface area (Å²) in [7, 11) is 0. The van der Waals surface area contributed by atoms with E-state index in [0.717, 1.165) is 0 Å². The van der Waals surface area contributed by atoms with Crippen LogP contribution in [0.15, 0.2) is 11.6 Å². The number of nitrogens with one attached hydrogen (secondary N) is 1. The van der Waals surface area contributed by atoms with Crippen LogP contribution in [-0.4, -0.2) is 35.3 Å². The summed E-state index contributed by atoms with van der Waals surface area (Å²) in [4.78, 5) is 25.9. The molecule has 0 aromatic rings. The summed E-state index contributed by atoms with van der Waals surface area (Å²) >= 11 is 5.50. The van der Waals surface area contributed by atoms with Gasteiger partial charge in [0.05, 0.1) is 0 Å². The number of piperazine rings is 1. The topological polar surface area (TPSA) is 49.4 Å². The van der Waals surface area contributed by atoms with E-state index in [1.807, 2.05) is 20.8 Å². The summed E-state index contributed by atoms with van der Waals surface area (Å²) in [5.74, 6) is 0.290. The minimum absolute atomic E-state index is 0.00934. The van der Waals surface area contributed by atoms with Gasteiger partial charge in [0.2, 0.25) is 11.8 Å². The predicted molar refractivity (Wildman–Crippen MR) is 72.2 cm³/mol. The fraction of sp³-hybridized carbons (Fsp3) is 0.692. The molecule has 2 atom stereocenters. The first-order valence-electron chi connectivity index (χ1n) is 6.37. The maximum atomic E-state index is 12.3. The molecule has 0 radical (unpaired) electrons. The maximum Gasteiger partial charge on any atom is 0.246 e. The molecule has 2 amide bonds. The second-order valence-electron chi connectivity index (χ2n) is 4.97. The second-order valence-corrected chi connectivity index (χ2v) is 5.22. The quantitative estimate of drug-likeness (QED) is 0.831. The SMILES string of the molecule is CCC1C(=O)NC(CC(C)C)C(=O)N1C/C=C/Cl. The molecular weight excluding hydrogens is 252 g/mol. The monoisotopic (exact) mass is 272 g/mol. The lowest BCUT2D eigenvalue weighted by molar-refractivity contribution is -0.149. The van der Waals surface area contributed by atoms with E-state index in [2.05, 4.69) is 5.32 Å². The van der Waals surface area contributed by atoms with Crippen LogP contribution in [0.25, 0.3) is 0 Å². The molecule has 1 aliphatic rings. The average Bonchev–Trinajstić information content (AvgIpc) is 2.30. The van der Waals surface area contributed by atoms with Gasteiger partial charge in [0.25, 0.3) is 0 Å². The molecule has 1 heterocycles. The van der Waals surface area contributed by atoms with Crippen molar-refractivity contribution in [1.82, 2.24) is 10.2 Å². The third-order valence-electron chi connectivity index (χ3n) is 3.06. The lowest BCUT2D eigenvalue weighted by atomic mass is 9.97. The van der Waals surface area contributed by atoms with Gasteiger partial charge < -0.3 is 10.2 Å². The van der Waals surface area contributed by atoms with E-state index in [1.54, 1.807) is 11.0 Å². The van der Waals surface area contributed by atoms with E-state index < -0.39 is 6.04 Å². The molecule has 18 heavy (non-hydrogen) atoms. The van der Waals surface area contributed by atoms with Crippen molar-refractivity contribution in [2.24, 2.45) is 5.92 Å². The van der Waals surface area contributed by atoms with Crippen LogP contribution in [0.3, 0.4) is 0 Å². The molecule has 0 spiro atoms. The molecule has 1 N–H and O–H groups in total. The van der Waals surface area contributed by atoms with E-state index in [4.69, 9.17) is 11.6 Å². The molecule has 1 saturated heterocycles. The van der Waals surface area contributed by atoms with Crippen molar-refractivity contribution in [3.05, 3.63) is 11.6 Å². The summed E-state index contributed by atoms with van der Waals surface area (Å²) in [6.45, 7) is 6.36. The first-order chi connectivity index (χ1) is 8.51. The zero-order valence-corrected chi connectivity index (χ0v) is 11.9. The van der Waals surface area contributed by atoms with Crippen LogP contribution in [-0.2, 0) is 9.59 Å². The first-order valence-corrected chi connectivity index (χ1v) is 6.81. The molecular formula is C13H21ClN2O2. The molecule has 0 bridgehead atoms. The number of nitrogens with zero attached hydrogens (tertiary/aromatic N) is 1. The molecule has 0 aliphatic carbocycles. The van der Waals surface area contributed by atoms with E-state index >= 15 is 0 Å². The summed E-state index contributed by atoms with van der Waals surface area (Å²) in [6.07, 6.45) is 2.97. The van der Waals surface area contributed by atoms with Gasteiger partial charge in [-0.2, -0.15) is 0 Å². The lowest BCUT2D eigenvalue weighted by Crippen LogP contribution is -2.63. The Morgan fingerprint density at radius 3 is 2.61 bits per heavy atom. The third kappa shape index (κ3) is 3.48. The molecule has 1 rings (SSSR count). The van der Waals surface area contributed by atoms with Gasteiger partial charge >= 0.3 is 0 Å². The van der Waals surface area contributed by atoms with Crippen molar-refractivity contribution in [3.63, 3.8) is 0 Å². The number of halogens is 1. The van der Waals surface area contributed by atoms with Gasteiger partial charge in [-0.25, -0.2) is 0 Å². The highest BCUT2D eigenvalue weighted by molar-refractivity contribution is 6.25. The highest BCUT2D eigenvalue weighted by Crippen LogP contribution is 2.17. The second kappa shape index (κ2) is 6.78. The van der Waals surface area contributed by atoms with Gasteiger partial charge in [0.1, 0.15) is 12.1 Å². The zero-order chi connectivity index (χ0) is 13.7. The Morgan fingerprint density at radius 1 is 1.44 bits per heavy atom. The zero-order valence-electron chi connectivity index (χ0n) is 11.1. The van der Waals surface area contributed by atoms with Gasteiger partial charge in [-0.3, -0.25) is 9.59 Å². The number of carbonyl (C=O) groups excluding carboxylic acids is 2. The molecule has 102 valence electrons. The molecule has 1 fully saturated rings. The van der Waals surface area contributed by atoms with E-state index in [9.17, 15) is 9.59 Å². The van der Waals surface area contributed by atoms with Crippen molar-refractivity contribution >= 4 is 23.4 Å². The molecule has 5 heteroatoms. The first kappa shape index (κ1) is 15.0. The van der Waals surface area contributed by atoms with Crippen molar-refractivity contribution in [1.29, 1.82) is 0 Å². The van der Waals surface area contributed by atoms with Crippen LogP contribution in [0.2, 0.25) is 0 Å². The number of carbonyl (C=O) groups is 2. The molecule has 0 aromatic heterocycles. The fourth-order valence-corrected chi connectivity index (χ4v) is 2.31. The Morgan fingerprint density at radius 2 is 2.11 bits per heavy atom. The van der Waals surface area contributed by atoms with Gasteiger partial charge in [0, 0.05) is 12.1 Å². The smallest absolute Gasteiger partial charge is 0.246 e. The van der Waals surface area contributed by atoms with Crippen molar-refractivity contribution in [3.8, 4) is 0 Å². The van der Waals surface area contributed by atoms with E-state index in [-0.39, 0.29) is 17.9 Å². The van der Waals surface area contributed by atoms with Crippen LogP contribution < -0.4 is 5.32 Å². The van der Waals surface area contributed by atoms with E-state index in [0.29, 0.717) is 25.3 Å². The molecule has 0 aromatic carbocycles. The Balaban J connectivity index is 2.85. The normalized spacial score (nSPS) is 25.1.